The number of aromatic amines is 2. The molecule has 5 nitrogen and oxygen atoms in total. The standard InChI is InChI=1S/C22H22N4OS/c1-2-26(13-16-6-4-10-28-16)22(27)14-8-9-19-18(11-14)17-7-3-5-15-12-23-25-20(15)21(17)24-19/h4,6,8-12,24H,2-3,5,7,13H2,1H3,(H,23,25). The van der Waals surface area contributed by atoms with Gasteiger partial charge in [-0.15, -0.1) is 11.3 Å². The van der Waals surface area contributed by atoms with E-state index in [1.54, 1.807) is 11.3 Å². The highest BCUT2D eigenvalue weighted by molar-refractivity contribution is 7.09. The van der Waals surface area contributed by atoms with Gasteiger partial charge < -0.3 is 9.88 Å². The summed E-state index contributed by atoms with van der Waals surface area (Å²) in [6.07, 6.45) is 5.04. The van der Waals surface area contributed by atoms with Crippen molar-refractivity contribution in [2.45, 2.75) is 32.7 Å². The Balaban J connectivity index is 1.53. The van der Waals surface area contributed by atoms with Crippen molar-refractivity contribution in [1.29, 1.82) is 0 Å². The molecule has 1 aromatic carbocycles. The molecule has 0 saturated heterocycles. The van der Waals surface area contributed by atoms with Gasteiger partial charge in [-0.25, -0.2) is 0 Å². The van der Waals surface area contributed by atoms with Crippen LogP contribution in [0.2, 0.25) is 0 Å². The fraction of sp³-hybridized carbons (Fsp3) is 0.273. The Morgan fingerprint density at radius 1 is 1.25 bits per heavy atom. The predicted octanol–water partition coefficient (Wildman–Crippen LogP) is 4.77. The van der Waals surface area contributed by atoms with Crippen molar-refractivity contribution in [3.05, 3.63) is 63.5 Å². The van der Waals surface area contributed by atoms with Gasteiger partial charge in [0.25, 0.3) is 5.91 Å². The van der Waals surface area contributed by atoms with E-state index in [0.29, 0.717) is 13.1 Å². The molecule has 1 amide bonds. The zero-order chi connectivity index (χ0) is 19.1. The molecule has 1 aliphatic rings. The van der Waals surface area contributed by atoms with Crippen molar-refractivity contribution < 1.29 is 4.79 Å². The second kappa shape index (κ2) is 6.95. The van der Waals surface area contributed by atoms with Crippen molar-refractivity contribution in [3.63, 3.8) is 0 Å². The summed E-state index contributed by atoms with van der Waals surface area (Å²) in [4.78, 5) is 19.8. The van der Waals surface area contributed by atoms with Crippen LogP contribution in [0.1, 0.15) is 39.7 Å². The van der Waals surface area contributed by atoms with Crippen LogP contribution in [0.3, 0.4) is 0 Å². The quantitative estimate of drug-likeness (QED) is 0.527. The Morgan fingerprint density at radius 3 is 3.00 bits per heavy atom. The van der Waals surface area contributed by atoms with Crippen molar-refractivity contribution in [2.75, 3.05) is 6.54 Å². The van der Waals surface area contributed by atoms with Crippen LogP contribution in [0.5, 0.6) is 0 Å². The van der Waals surface area contributed by atoms with Gasteiger partial charge in [0.15, 0.2) is 0 Å². The van der Waals surface area contributed by atoms with Gasteiger partial charge in [0, 0.05) is 27.9 Å². The van der Waals surface area contributed by atoms with Crippen molar-refractivity contribution >= 4 is 28.1 Å². The highest BCUT2D eigenvalue weighted by Crippen LogP contribution is 2.35. The zero-order valence-corrected chi connectivity index (χ0v) is 16.6. The Morgan fingerprint density at radius 2 is 2.18 bits per heavy atom. The Kier molecular flexibility index (Phi) is 4.28. The smallest absolute Gasteiger partial charge is 0.254 e. The molecule has 0 spiro atoms. The monoisotopic (exact) mass is 390 g/mol. The van der Waals surface area contributed by atoms with E-state index in [4.69, 9.17) is 0 Å². The van der Waals surface area contributed by atoms with Crippen LogP contribution in [0.4, 0.5) is 0 Å². The summed E-state index contributed by atoms with van der Waals surface area (Å²) in [5.74, 6) is 0.0867. The number of aromatic nitrogens is 3. The SMILES string of the molecule is CCN(Cc1cccs1)C(=O)c1ccc2[nH]c3c(c2c1)CCCc1cn[nH]c1-3. The molecule has 0 fully saturated rings. The fourth-order valence-electron chi connectivity index (χ4n) is 4.13. The molecule has 28 heavy (non-hydrogen) atoms. The van der Waals surface area contributed by atoms with Crippen LogP contribution in [-0.2, 0) is 19.4 Å². The zero-order valence-electron chi connectivity index (χ0n) is 15.8. The lowest BCUT2D eigenvalue weighted by Crippen LogP contribution is -2.29. The molecule has 6 heteroatoms. The van der Waals surface area contributed by atoms with Gasteiger partial charge in [-0.2, -0.15) is 5.10 Å². The fourth-order valence-corrected chi connectivity index (χ4v) is 4.85. The number of fused-ring (bicyclic) bond motifs is 5. The average molecular weight is 391 g/mol. The predicted molar refractivity (Wildman–Crippen MR) is 113 cm³/mol. The third-order valence-electron chi connectivity index (χ3n) is 5.59. The first-order chi connectivity index (χ1) is 13.7. The number of aryl methyl sites for hydroxylation is 2. The van der Waals surface area contributed by atoms with Crippen molar-refractivity contribution in [3.8, 4) is 11.4 Å². The molecule has 0 radical (unpaired) electrons. The summed E-state index contributed by atoms with van der Waals surface area (Å²) < 4.78 is 0. The van der Waals surface area contributed by atoms with E-state index < -0.39 is 0 Å². The van der Waals surface area contributed by atoms with Gasteiger partial charge in [-0.1, -0.05) is 6.07 Å². The third-order valence-corrected chi connectivity index (χ3v) is 6.45. The minimum Gasteiger partial charge on any atom is -0.353 e. The maximum absolute atomic E-state index is 13.2. The normalized spacial score (nSPS) is 13.2. The number of nitrogens with zero attached hydrogens (tertiary/aromatic N) is 2. The second-order valence-electron chi connectivity index (χ2n) is 7.26. The third kappa shape index (κ3) is 2.85. The topological polar surface area (TPSA) is 64.8 Å². The number of amides is 1. The number of thiophene rings is 1. The van der Waals surface area contributed by atoms with Crippen molar-refractivity contribution in [1.82, 2.24) is 20.1 Å². The van der Waals surface area contributed by atoms with Gasteiger partial charge in [0.2, 0.25) is 0 Å². The molecule has 3 aromatic heterocycles. The number of H-pyrrole nitrogens is 2. The maximum Gasteiger partial charge on any atom is 0.254 e. The summed E-state index contributed by atoms with van der Waals surface area (Å²) in [6.45, 7) is 3.39. The summed E-state index contributed by atoms with van der Waals surface area (Å²) in [6, 6.07) is 10.1. The Labute approximate surface area is 167 Å². The summed E-state index contributed by atoms with van der Waals surface area (Å²) in [7, 11) is 0. The number of carbonyl (C=O) groups is 1. The first kappa shape index (κ1) is 17.3. The average Bonchev–Trinajstić information content (AvgIpc) is 3.44. The van der Waals surface area contributed by atoms with E-state index in [0.717, 1.165) is 47.1 Å². The first-order valence-electron chi connectivity index (χ1n) is 9.73. The molecule has 3 heterocycles. The van der Waals surface area contributed by atoms with Crippen LogP contribution >= 0.6 is 11.3 Å². The van der Waals surface area contributed by atoms with Gasteiger partial charge in [-0.3, -0.25) is 9.89 Å². The second-order valence-corrected chi connectivity index (χ2v) is 8.29. The van der Waals surface area contributed by atoms with Crippen LogP contribution in [0.25, 0.3) is 22.3 Å². The maximum atomic E-state index is 13.2. The molecular formula is C22H22N4OS. The molecule has 0 bridgehead atoms. The van der Waals surface area contributed by atoms with E-state index in [1.165, 1.54) is 16.0 Å². The van der Waals surface area contributed by atoms with Gasteiger partial charge >= 0.3 is 0 Å². The lowest BCUT2D eigenvalue weighted by atomic mass is 10.0. The molecule has 0 unspecified atom stereocenters. The number of nitrogens with one attached hydrogen (secondary N) is 2. The van der Waals surface area contributed by atoms with Crippen LogP contribution in [0.15, 0.2) is 41.9 Å². The van der Waals surface area contributed by atoms with Crippen molar-refractivity contribution in [2.24, 2.45) is 0 Å². The molecule has 142 valence electrons. The molecule has 4 aromatic rings. The van der Waals surface area contributed by atoms with E-state index in [2.05, 4.69) is 32.7 Å². The Hall–Kier alpha value is -2.86. The number of carbonyl (C=O) groups excluding carboxylic acids is 1. The molecule has 0 aliphatic heterocycles. The highest BCUT2D eigenvalue weighted by Gasteiger charge is 2.22. The molecule has 5 rings (SSSR count). The Bertz CT molecular complexity index is 1140. The lowest BCUT2D eigenvalue weighted by Gasteiger charge is -2.20. The van der Waals surface area contributed by atoms with E-state index in [9.17, 15) is 4.79 Å². The van der Waals surface area contributed by atoms with Crippen LogP contribution in [-0.4, -0.2) is 32.5 Å². The number of rotatable bonds is 4. The molecular weight excluding hydrogens is 368 g/mol. The number of benzene rings is 1. The largest absolute Gasteiger partial charge is 0.353 e. The number of hydrogen-bond acceptors (Lipinski definition) is 3. The summed E-state index contributed by atoms with van der Waals surface area (Å²) in [5.41, 5.74) is 6.58. The van der Waals surface area contributed by atoms with E-state index >= 15 is 0 Å². The number of hydrogen-bond donors (Lipinski definition) is 2. The molecule has 0 saturated carbocycles. The van der Waals surface area contributed by atoms with Crippen LogP contribution < -0.4 is 0 Å². The molecule has 0 atom stereocenters. The minimum absolute atomic E-state index is 0.0867. The molecule has 1 aliphatic carbocycles. The van der Waals surface area contributed by atoms with Gasteiger partial charge in [-0.05, 0) is 67.0 Å². The first-order valence-corrected chi connectivity index (χ1v) is 10.6. The lowest BCUT2D eigenvalue weighted by molar-refractivity contribution is 0.0754. The summed E-state index contributed by atoms with van der Waals surface area (Å²) >= 11 is 1.69. The highest BCUT2D eigenvalue weighted by atomic mass is 32.1. The summed E-state index contributed by atoms with van der Waals surface area (Å²) in [5, 5.41) is 10.6. The van der Waals surface area contributed by atoms with E-state index in [-0.39, 0.29) is 5.91 Å². The van der Waals surface area contributed by atoms with Gasteiger partial charge in [0.1, 0.15) is 0 Å². The van der Waals surface area contributed by atoms with Gasteiger partial charge in [0.05, 0.1) is 24.1 Å². The minimum atomic E-state index is 0.0867. The van der Waals surface area contributed by atoms with Crippen LogP contribution in [0, 0.1) is 0 Å². The molecule has 2 N–H and O–H groups in total. The van der Waals surface area contributed by atoms with E-state index in [1.807, 2.05) is 36.2 Å².